The van der Waals surface area contributed by atoms with Crippen molar-refractivity contribution in [3.63, 3.8) is 0 Å². The lowest BCUT2D eigenvalue weighted by Crippen LogP contribution is -2.34. The Morgan fingerprint density at radius 2 is 1.75 bits per heavy atom. The summed E-state index contributed by atoms with van der Waals surface area (Å²) in [5.41, 5.74) is 2.90. The average Bonchev–Trinajstić information content (AvgIpc) is 2.85. The number of esters is 1. The minimum absolute atomic E-state index is 0.0453. The summed E-state index contributed by atoms with van der Waals surface area (Å²) in [7, 11) is -3.82. The smallest absolute Gasteiger partial charge is 0.345 e. The molecule has 2 N–H and O–H groups in total. The zero-order valence-electron chi connectivity index (χ0n) is 18.9. The number of rotatable bonds is 10. The second kappa shape index (κ2) is 12.5. The summed E-state index contributed by atoms with van der Waals surface area (Å²) in [4.78, 5) is 24.6. The van der Waals surface area contributed by atoms with Gasteiger partial charge in [-0.15, -0.1) is 0 Å². The Bertz CT molecular complexity index is 1380. The van der Waals surface area contributed by atoms with Gasteiger partial charge in [0.25, 0.3) is 5.91 Å². The maximum absolute atomic E-state index is 12.5. The minimum atomic E-state index is -3.82. The van der Waals surface area contributed by atoms with Gasteiger partial charge < -0.3 is 9.47 Å². The number of hydrogen-bond donors (Lipinski definition) is 2. The summed E-state index contributed by atoms with van der Waals surface area (Å²) in [5.74, 6) is -0.934. The van der Waals surface area contributed by atoms with E-state index in [0.717, 1.165) is 0 Å². The Balaban J connectivity index is 1.62. The number of hydrazone groups is 1. The van der Waals surface area contributed by atoms with Crippen LogP contribution in [0.4, 0.5) is 0 Å². The highest BCUT2D eigenvalue weighted by Crippen LogP contribution is 2.30. The predicted molar refractivity (Wildman–Crippen MR) is 136 cm³/mol. The molecule has 0 aromatic heterocycles. The van der Waals surface area contributed by atoms with Gasteiger partial charge in [0, 0.05) is 5.02 Å². The van der Waals surface area contributed by atoms with Crippen molar-refractivity contribution in [2.75, 3.05) is 13.2 Å². The molecular formula is C24H21Cl2N3O6S. The van der Waals surface area contributed by atoms with E-state index in [1.807, 2.05) is 0 Å². The summed E-state index contributed by atoms with van der Waals surface area (Å²) >= 11 is 11.9. The normalized spacial score (nSPS) is 11.3. The van der Waals surface area contributed by atoms with E-state index >= 15 is 0 Å². The van der Waals surface area contributed by atoms with E-state index in [-0.39, 0.29) is 27.0 Å². The van der Waals surface area contributed by atoms with E-state index in [2.05, 4.69) is 15.2 Å². The van der Waals surface area contributed by atoms with Crippen LogP contribution in [-0.2, 0) is 14.8 Å². The van der Waals surface area contributed by atoms with Crippen LogP contribution < -0.4 is 19.6 Å². The van der Waals surface area contributed by atoms with E-state index in [1.54, 1.807) is 37.3 Å². The average molecular weight is 550 g/mol. The van der Waals surface area contributed by atoms with Gasteiger partial charge in [0.2, 0.25) is 10.0 Å². The lowest BCUT2D eigenvalue weighted by Gasteiger charge is -2.12. The first kappa shape index (κ1) is 27.2. The number of nitrogens with one attached hydrogen (secondary N) is 2. The van der Waals surface area contributed by atoms with Gasteiger partial charge in [0.15, 0.2) is 11.5 Å². The second-order valence-corrected chi connectivity index (χ2v) is 9.69. The van der Waals surface area contributed by atoms with Gasteiger partial charge >= 0.3 is 5.97 Å². The Kier molecular flexibility index (Phi) is 9.43. The monoisotopic (exact) mass is 549 g/mol. The van der Waals surface area contributed by atoms with E-state index < -0.39 is 28.4 Å². The van der Waals surface area contributed by atoms with Crippen molar-refractivity contribution in [1.29, 1.82) is 0 Å². The fourth-order valence-corrected chi connectivity index (χ4v) is 4.32. The highest BCUT2D eigenvalue weighted by molar-refractivity contribution is 7.89. The minimum Gasteiger partial charge on any atom is -0.490 e. The van der Waals surface area contributed by atoms with Crippen molar-refractivity contribution in [3.05, 3.63) is 87.9 Å². The summed E-state index contributed by atoms with van der Waals surface area (Å²) in [6, 6.07) is 16.7. The van der Waals surface area contributed by atoms with Crippen LogP contribution in [0.5, 0.6) is 11.5 Å². The third-order valence-corrected chi connectivity index (χ3v) is 6.47. The fourth-order valence-electron chi connectivity index (χ4n) is 2.83. The molecular weight excluding hydrogens is 529 g/mol. The Labute approximate surface area is 218 Å². The van der Waals surface area contributed by atoms with Gasteiger partial charge in [-0.1, -0.05) is 41.4 Å². The van der Waals surface area contributed by atoms with E-state index in [0.29, 0.717) is 17.2 Å². The molecule has 1 amide bonds. The Morgan fingerprint density at radius 1 is 1.00 bits per heavy atom. The van der Waals surface area contributed by atoms with Crippen LogP contribution in [0.3, 0.4) is 0 Å². The summed E-state index contributed by atoms with van der Waals surface area (Å²) < 4.78 is 37.5. The largest absolute Gasteiger partial charge is 0.490 e. The van der Waals surface area contributed by atoms with Crippen molar-refractivity contribution in [2.24, 2.45) is 5.10 Å². The van der Waals surface area contributed by atoms with Gasteiger partial charge in [0.1, 0.15) is 0 Å². The van der Waals surface area contributed by atoms with E-state index in [9.17, 15) is 18.0 Å². The Morgan fingerprint density at radius 3 is 2.44 bits per heavy atom. The maximum Gasteiger partial charge on any atom is 0.345 e. The highest BCUT2D eigenvalue weighted by atomic mass is 35.5. The summed E-state index contributed by atoms with van der Waals surface area (Å²) in [6.07, 6.45) is 1.33. The maximum atomic E-state index is 12.5. The number of hydrogen-bond acceptors (Lipinski definition) is 7. The second-order valence-electron chi connectivity index (χ2n) is 7.08. The van der Waals surface area contributed by atoms with Crippen molar-refractivity contribution < 1.29 is 27.5 Å². The van der Waals surface area contributed by atoms with Crippen molar-refractivity contribution >= 4 is 51.3 Å². The van der Waals surface area contributed by atoms with Crippen molar-refractivity contribution in [2.45, 2.75) is 11.8 Å². The molecule has 0 unspecified atom stereocenters. The Hall–Kier alpha value is -3.44. The third-order valence-electron chi connectivity index (χ3n) is 4.50. The molecule has 0 spiro atoms. The quantitative estimate of drug-likeness (QED) is 0.170. The number of ether oxygens (including phenoxy) is 2. The van der Waals surface area contributed by atoms with Crippen LogP contribution >= 0.6 is 23.2 Å². The summed E-state index contributed by atoms with van der Waals surface area (Å²) in [5, 5.41) is 4.36. The first-order chi connectivity index (χ1) is 17.2. The number of carbonyl (C=O) groups excluding carboxylic acids is 2. The number of sulfonamides is 1. The SMILES string of the molecule is CCOc1cc(C=NNC(=O)CNS(=O)(=O)c2ccccc2)ccc1OC(=O)c1ccc(Cl)cc1Cl. The van der Waals surface area contributed by atoms with Gasteiger partial charge in [-0.25, -0.2) is 23.4 Å². The van der Waals surface area contributed by atoms with Gasteiger partial charge in [0.05, 0.1) is 34.8 Å². The lowest BCUT2D eigenvalue weighted by molar-refractivity contribution is -0.119. The molecule has 0 aliphatic carbocycles. The molecule has 0 heterocycles. The van der Waals surface area contributed by atoms with Crippen LogP contribution in [0.1, 0.15) is 22.8 Å². The molecule has 36 heavy (non-hydrogen) atoms. The van der Waals surface area contributed by atoms with Crippen LogP contribution in [-0.4, -0.2) is 39.7 Å². The van der Waals surface area contributed by atoms with E-state index in [4.69, 9.17) is 32.7 Å². The van der Waals surface area contributed by atoms with Gasteiger partial charge in [-0.3, -0.25) is 4.79 Å². The fraction of sp³-hybridized carbons (Fsp3) is 0.125. The molecule has 3 aromatic carbocycles. The van der Waals surface area contributed by atoms with Crippen LogP contribution in [0, 0.1) is 0 Å². The van der Waals surface area contributed by atoms with E-state index in [1.165, 1.54) is 42.6 Å². The molecule has 0 aliphatic rings. The molecule has 0 radical (unpaired) electrons. The molecule has 12 heteroatoms. The third kappa shape index (κ3) is 7.53. The molecule has 0 fully saturated rings. The molecule has 0 aliphatic heterocycles. The topological polar surface area (TPSA) is 123 Å². The number of nitrogens with zero attached hydrogens (tertiary/aromatic N) is 1. The molecule has 9 nitrogen and oxygen atoms in total. The highest BCUT2D eigenvalue weighted by Gasteiger charge is 2.17. The predicted octanol–water partition coefficient (Wildman–Crippen LogP) is 4.04. The summed E-state index contributed by atoms with van der Waals surface area (Å²) in [6.45, 7) is 1.56. The number of carbonyl (C=O) groups is 2. The van der Waals surface area contributed by atoms with Crippen LogP contribution in [0.2, 0.25) is 10.0 Å². The van der Waals surface area contributed by atoms with Crippen LogP contribution in [0.15, 0.2) is 76.7 Å². The molecule has 3 rings (SSSR count). The molecule has 3 aromatic rings. The molecule has 0 atom stereocenters. The number of amides is 1. The molecule has 0 saturated carbocycles. The first-order valence-corrected chi connectivity index (χ1v) is 12.7. The molecule has 0 bridgehead atoms. The molecule has 0 saturated heterocycles. The standard InChI is InChI=1S/C24H21Cl2N3O6S/c1-2-34-22-12-16(8-11-21(22)35-24(31)19-10-9-17(25)13-20(19)26)14-27-29-23(30)15-28-36(32,33)18-6-4-3-5-7-18/h3-14,28H,2,15H2,1H3,(H,29,30). The molecule has 188 valence electrons. The van der Waals surface area contributed by atoms with Crippen molar-refractivity contribution in [3.8, 4) is 11.5 Å². The lowest BCUT2D eigenvalue weighted by atomic mass is 10.2. The van der Waals surface area contributed by atoms with Crippen LogP contribution in [0.25, 0.3) is 0 Å². The number of halogens is 2. The first-order valence-electron chi connectivity index (χ1n) is 10.5. The zero-order chi connectivity index (χ0) is 26.1. The zero-order valence-corrected chi connectivity index (χ0v) is 21.2. The number of benzene rings is 3. The van der Waals surface area contributed by atoms with Gasteiger partial charge in [-0.2, -0.15) is 5.10 Å². The van der Waals surface area contributed by atoms with Gasteiger partial charge in [-0.05, 0) is 61.0 Å². The van der Waals surface area contributed by atoms with Crippen molar-refractivity contribution in [1.82, 2.24) is 10.1 Å².